The van der Waals surface area contributed by atoms with Crippen LogP contribution in [0.2, 0.25) is 0 Å². The van der Waals surface area contributed by atoms with Gasteiger partial charge in [0.2, 0.25) is 0 Å². The molecule has 0 spiro atoms. The summed E-state index contributed by atoms with van der Waals surface area (Å²) in [6, 6.07) is 5.54. The highest BCUT2D eigenvalue weighted by Gasteiger charge is 2.16. The SMILES string of the molecule is CC(CO)CS(=O)(=O)Cc1cccc(F)c1. The molecule has 0 saturated heterocycles. The van der Waals surface area contributed by atoms with Gasteiger partial charge in [0.25, 0.3) is 0 Å². The predicted octanol–water partition coefficient (Wildman–Crippen LogP) is 1.37. The van der Waals surface area contributed by atoms with Crippen LogP contribution in [0.3, 0.4) is 0 Å². The number of hydrogen-bond acceptors (Lipinski definition) is 3. The highest BCUT2D eigenvalue weighted by atomic mass is 32.2. The summed E-state index contributed by atoms with van der Waals surface area (Å²) in [4.78, 5) is 0. The first kappa shape index (κ1) is 13.1. The van der Waals surface area contributed by atoms with E-state index in [0.717, 1.165) is 0 Å². The summed E-state index contributed by atoms with van der Waals surface area (Å²) in [6.45, 7) is 1.49. The van der Waals surface area contributed by atoms with Crippen molar-refractivity contribution in [2.24, 2.45) is 5.92 Å². The summed E-state index contributed by atoms with van der Waals surface area (Å²) >= 11 is 0. The van der Waals surface area contributed by atoms with Crippen LogP contribution in [0.4, 0.5) is 4.39 Å². The molecule has 0 aliphatic heterocycles. The lowest BCUT2D eigenvalue weighted by Gasteiger charge is -2.08. The van der Waals surface area contributed by atoms with E-state index in [2.05, 4.69) is 0 Å². The molecule has 0 aromatic heterocycles. The fourth-order valence-corrected chi connectivity index (χ4v) is 3.20. The summed E-state index contributed by atoms with van der Waals surface area (Å²) in [7, 11) is -3.29. The Morgan fingerprint density at radius 2 is 2.12 bits per heavy atom. The first-order valence-corrected chi connectivity index (χ1v) is 6.81. The largest absolute Gasteiger partial charge is 0.396 e. The van der Waals surface area contributed by atoms with E-state index in [4.69, 9.17) is 5.11 Å². The monoisotopic (exact) mass is 246 g/mol. The lowest BCUT2D eigenvalue weighted by atomic mass is 10.2. The molecule has 1 rings (SSSR count). The van der Waals surface area contributed by atoms with Crippen LogP contribution in [0, 0.1) is 11.7 Å². The van der Waals surface area contributed by atoms with Gasteiger partial charge in [0.05, 0.1) is 11.5 Å². The zero-order valence-electron chi connectivity index (χ0n) is 9.06. The topological polar surface area (TPSA) is 54.4 Å². The molecule has 0 radical (unpaired) electrons. The van der Waals surface area contributed by atoms with Gasteiger partial charge in [-0.15, -0.1) is 0 Å². The molecule has 90 valence electrons. The summed E-state index contributed by atoms with van der Waals surface area (Å²) in [5, 5.41) is 8.78. The van der Waals surface area contributed by atoms with Crippen molar-refractivity contribution in [3.8, 4) is 0 Å². The normalized spacial score (nSPS) is 13.7. The van der Waals surface area contributed by atoms with E-state index < -0.39 is 15.7 Å². The van der Waals surface area contributed by atoms with Crippen LogP contribution in [0.15, 0.2) is 24.3 Å². The third-order valence-electron chi connectivity index (χ3n) is 2.13. The van der Waals surface area contributed by atoms with Crippen molar-refractivity contribution in [3.63, 3.8) is 0 Å². The minimum Gasteiger partial charge on any atom is -0.396 e. The number of rotatable bonds is 5. The molecule has 0 heterocycles. The molecule has 0 amide bonds. The lowest BCUT2D eigenvalue weighted by molar-refractivity contribution is 0.249. The van der Waals surface area contributed by atoms with Crippen molar-refractivity contribution >= 4 is 9.84 Å². The van der Waals surface area contributed by atoms with Gasteiger partial charge in [0.15, 0.2) is 9.84 Å². The van der Waals surface area contributed by atoms with Crippen molar-refractivity contribution in [3.05, 3.63) is 35.6 Å². The van der Waals surface area contributed by atoms with Gasteiger partial charge in [0, 0.05) is 6.61 Å². The molecule has 1 unspecified atom stereocenters. The van der Waals surface area contributed by atoms with Crippen molar-refractivity contribution in [2.75, 3.05) is 12.4 Å². The first-order valence-electron chi connectivity index (χ1n) is 4.98. The van der Waals surface area contributed by atoms with Crippen LogP contribution >= 0.6 is 0 Å². The minimum atomic E-state index is -3.29. The molecular weight excluding hydrogens is 231 g/mol. The molecule has 0 aliphatic carbocycles. The van der Waals surface area contributed by atoms with Crippen LogP contribution in [0.5, 0.6) is 0 Å². The maximum atomic E-state index is 12.8. The molecule has 0 saturated carbocycles. The van der Waals surface area contributed by atoms with Crippen LogP contribution in [-0.2, 0) is 15.6 Å². The van der Waals surface area contributed by atoms with E-state index in [9.17, 15) is 12.8 Å². The zero-order valence-corrected chi connectivity index (χ0v) is 9.87. The molecule has 3 nitrogen and oxygen atoms in total. The Bertz CT molecular complexity index is 442. The Kier molecular flexibility index (Phi) is 4.44. The van der Waals surface area contributed by atoms with Gasteiger partial charge in [-0.25, -0.2) is 12.8 Å². The second kappa shape index (κ2) is 5.41. The van der Waals surface area contributed by atoms with Crippen LogP contribution < -0.4 is 0 Å². The van der Waals surface area contributed by atoms with Crippen LogP contribution in [0.25, 0.3) is 0 Å². The van der Waals surface area contributed by atoms with Crippen molar-refractivity contribution in [1.29, 1.82) is 0 Å². The van der Waals surface area contributed by atoms with Gasteiger partial charge in [-0.2, -0.15) is 0 Å². The average molecular weight is 246 g/mol. The Hall–Kier alpha value is -0.940. The van der Waals surface area contributed by atoms with Crippen LogP contribution in [0.1, 0.15) is 12.5 Å². The molecular formula is C11H15FO3S. The molecule has 1 N–H and O–H groups in total. The number of hydrogen-bond donors (Lipinski definition) is 1. The average Bonchev–Trinajstić information content (AvgIpc) is 2.15. The van der Waals surface area contributed by atoms with E-state index >= 15 is 0 Å². The Balaban J connectivity index is 2.73. The summed E-state index contributed by atoms with van der Waals surface area (Å²) < 4.78 is 36.1. The predicted molar refractivity (Wildman–Crippen MR) is 60.1 cm³/mol. The van der Waals surface area contributed by atoms with E-state index in [-0.39, 0.29) is 24.0 Å². The highest BCUT2D eigenvalue weighted by Crippen LogP contribution is 2.11. The highest BCUT2D eigenvalue weighted by molar-refractivity contribution is 7.90. The quantitative estimate of drug-likeness (QED) is 0.853. The Morgan fingerprint density at radius 1 is 1.44 bits per heavy atom. The van der Waals surface area contributed by atoms with Gasteiger partial charge >= 0.3 is 0 Å². The second-order valence-electron chi connectivity index (χ2n) is 3.97. The molecule has 16 heavy (non-hydrogen) atoms. The van der Waals surface area contributed by atoms with E-state index in [1.54, 1.807) is 13.0 Å². The molecule has 0 aliphatic rings. The van der Waals surface area contributed by atoms with Crippen molar-refractivity contribution in [1.82, 2.24) is 0 Å². The number of aliphatic hydroxyl groups excluding tert-OH is 1. The van der Waals surface area contributed by atoms with Gasteiger partial charge < -0.3 is 5.11 Å². The van der Waals surface area contributed by atoms with E-state index in [0.29, 0.717) is 5.56 Å². The lowest BCUT2D eigenvalue weighted by Crippen LogP contribution is -2.18. The van der Waals surface area contributed by atoms with Crippen molar-refractivity contribution in [2.45, 2.75) is 12.7 Å². The zero-order chi connectivity index (χ0) is 12.2. The summed E-state index contributed by atoms with van der Waals surface area (Å²) in [5.74, 6) is -1.00. The maximum Gasteiger partial charge on any atom is 0.154 e. The minimum absolute atomic E-state index is 0.0833. The standard InChI is InChI=1S/C11H15FO3S/c1-9(6-13)7-16(14,15)8-10-3-2-4-11(12)5-10/h2-5,9,13H,6-8H2,1H3. The molecule has 1 atom stereocenters. The Labute approximate surface area is 94.8 Å². The van der Waals surface area contributed by atoms with Crippen molar-refractivity contribution < 1.29 is 17.9 Å². The maximum absolute atomic E-state index is 12.8. The van der Waals surface area contributed by atoms with E-state index in [1.165, 1.54) is 18.2 Å². The number of benzene rings is 1. The molecule has 1 aromatic carbocycles. The van der Waals surface area contributed by atoms with Gasteiger partial charge in [-0.1, -0.05) is 19.1 Å². The van der Waals surface area contributed by atoms with E-state index in [1.807, 2.05) is 0 Å². The van der Waals surface area contributed by atoms with Gasteiger partial charge in [-0.05, 0) is 23.6 Å². The van der Waals surface area contributed by atoms with Gasteiger partial charge in [0.1, 0.15) is 5.82 Å². The number of aliphatic hydroxyl groups is 1. The fraction of sp³-hybridized carbons (Fsp3) is 0.455. The molecule has 0 fully saturated rings. The third-order valence-corrected chi connectivity index (χ3v) is 3.98. The third kappa shape index (κ3) is 4.28. The summed E-state index contributed by atoms with van der Waals surface area (Å²) in [6.07, 6.45) is 0. The number of halogens is 1. The first-order chi connectivity index (χ1) is 7.43. The fourth-order valence-electron chi connectivity index (χ4n) is 1.43. The molecule has 0 bridgehead atoms. The second-order valence-corrected chi connectivity index (χ2v) is 6.08. The number of sulfone groups is 1. The molecule has 1 aromatic rings. The van der Waals surface area contributed by atoms with Gasteiger partial charge in [-0.3, -0.25) is 0 Å². The molecule has 5 heteroatoms. The smallest absolute Gasteiger partial charge is 0.154 e. The summed E-state index contributed by atoms with van der Waals surface area (Å²) in [5.41, 5.74) is 0.435. The van der Waals surface area contributed by atoms with Crippen LogP contribution in [-0.4, -0.2) is 25.9 Å². The Morgan fingerprint density at radius 3 is 2.69 bits per heavy atom.